The minimum Gasteiger partial charge on any atom is -0.507 e. The van der Waals surface area contributed by atoms with E-state index < -0.39 is 0 Å². The Morgan fingerprint density at radius 3 is 2.15 bits per heavy atom. The van der Waals surface area contributed by atoms with Crippen molar-refractivity contribution < 1.29 is 14.9 Å². The van der Waals surface area contributed by atoms with Gasteiger partial charge in [0.05, 0.1) is 6.61 Å². The van der Waals surface area contributed by atoms with Crippen molar-refractivity contribution in [1.29, 1.82) is 0 Å². The second kappa shape index (κ2) is 12.5. The first-order chi connectivity index (χ1) is 15.6. The van der Waals surface area contributed by atoms with Crippen molar-refractivity contribution in [1.82, 2.24) is 0 Å². The van der Waals surface area contributed by atoms with Crippen LogP contribution in [0.15, 0.2) is 34.9 Å². The summed E-state index contributed by atoms with van der Waals surface area (Å²) in [6.07, 6.45) is 16.1. The molecule has 0 aliphatic carbocycles. The fourth-order valence-corrected chi connectivity index (χ4v) is 4.67. The van der Waals surface area contributed by atoms with E-state index in [1.54, 1.807) is 0 Å². The van der Waals surface area contributed by atoms with E-state index >= 15 is 0 Å². The van der Waals surface area contributed by atoms with Crippen molar-refractivity contribution >= 4 is 0 Å². The van der Waals surface area contributed by atoms with Gasteiger partial charge in [-0.1, -0.05) is 36.3 Å². The van der Waals surface area contributed by atoms with Gasteiger partial charge >= 0.3 is 0 Å². The summed E-state index contributed by atoms with van der Waals surface area (Å²) in [5, 5.41) is 19.6. The largest absolute Gasteiger partial charge is 0.507 e. The van der Waals surface area contributed by atoms with E-state index in [0.717, 1.165) is 85.8 Å². The third kappa shape index (κ3) is 7.50. The number of phenolic OH excluding ortho intramolecular Hbond substituents is 1. The van der Waals surface area contributed by atoms with E-state index in [9.17, 15) is 10.2 Å². The van der Waals surface area contributed by atoms with Crippen LogP contribution >= 0.6 is 0 Å². The van der Waals surface area contributed by atoms with Gasteiger partial charge in [0.1, 0.15) is 17.1 Å². The fraction of sp³-hybridized carbons (Fsp3) is 0.600. The molecule has 0 saturated carbocycles. The Morgan fingerprint density at radius 2 is 1.55 bits per heavy atom. The number of aliphatic hydroxyl groups excluding tert-OH is 1. The fourth-order valence-electron chi connectivity index (χ4n) is 4.67. The van der Waals surface area contributed by atoms with Crippen LogP contribution in [-0.4, -0.2) is 22.4 Å². The van der Waals surface area contributed by atoms with E-state index in [-0.39, 0.29) is 12.2 Å². The molecule has 0 fully saturated rings. The van der Waals surface area contributed by atoms with Crippen molar-refractivity contribution in [3.05, 3.63) is 57.2 Å². The number of aliphatic hydroxyl groups is 1. The number of allylic oxidation sites excluding steroid dienone is 5. The molecule has 2 rings (SSSR count). The van der Waals surface area contributed by atoms with Crippen molar-refractivity contribution in [2.24, 2.45) is 0 Å². The summed E-state index contributed by atoms with van der Waals surface area (Å²) in [5.41, 5.74) is 8.03. The number of aromatic hydroxyl groups is 1. The number of rotatable bonds is 11. The molecule has 2 N–H and O–H groups in total. The summed E-state index contributed by atoms with van der Waals surface area (Å²) >= 11 is 0. The SMILES string of the molecule is CC/C(=C/CC/C(C)=C/CC/C(C)=C/CCC1(C)CCc2c(C)c(O)c(C)c(C)c2O1)CO. The van der Waals surface area contributed by atoms with Gasteiger partial charge < -0.3 is 14.9 Å². The zero-order valence-corrected chi connectivity index (χ0v) is 22.1. The van der Waals surface area contributed by atoms with E-state index in [1.165, 1.54) is 16.7 Å². The van der Waals surface area contributed by atoms with Gasteiger partial charge in [-0.25, -0.2) is 0 Å². The van der Waals surface area contributed by atoms with Gasteiger partial charge in [0.2, 0.25) is 0 Å². The second-order valence-electron chi connectivity index (χ2n) is 10.2. The molecule has 0 amide bonds. The molecule has 3 nitrogen and oxygen atoms in total. The highest BCUT2D eigenvalue weighted by Gasteiger charge is 2.33. The molecule has 3 heteroatoms. The Labute approximate surface area is 202 Å². The molecule has 0 radical (unpaired) electrons. The highest BCUT2D eigenvalue weighted by Crippen LogP contribution is 2.44. The minimum absolute atomic E-state index is 0.152. The van der Waals surface area contributed by atoms with E-state index in [0.29, 0.717) is 5.75 Å². The minimum atomic E-state index is -0.152. The second-order valence-corrected chi connectivity index (χ2v) is 10.2. The van der Waals surface area contributed by atoms with Crippen LogP contribution in [0.4, 0.5) is 0 Å². The molecule has 0 aromatic heterocycles. The van der Waals surface area contributed by atoms with Gasteiger partial charge in [-0.05, 0) is 122 Å². The molecular formula is C30H46O3. The summed E-state index contributed by atoms with van der Waals surface area (Å²) in [6, 6.07) is 0. The van der Waals surface area contributed by atoms with Crippen LogP contribution in [0.25, 0.3) is 0 Å². The molecule has 1 unspecified atom stereocenters. The zero-order chi connectivity index (χ0) is 24.6. The Hall–Kier alpha value is -2.00. The van der Waals surface area contributed by atoms with E-state index in [2.05, 4.69) is 52.8 Å². The summed E-state index contributed by atoms with van der Waals surface area (Å²) < 4.78 is 6.56. The lowest BCUT2D eigenvalue weighted by Gasteiger charge is -2.38. The first-order valence-corrected chi connectivity index (χ1v) is 12.7. The van der Waals surface area contributed by atoms with E-state index in [4.69, 9.17) is 4.74 Å². The average molecular weight is 455 g/mol. The predicted molar refractivity (Wildman–Crippen MR) is 140 cm³/mol. The third-order valence-corrected chi connectivity index (χ3v) is 7.42. The van der Waals surface area contributed by atoms with Crippen molar-refractivity contribution in [2.45, 2.75) is 112 Å². The maximum Gasteiger partial charge on any atom is 0.127 e. The van der Waals surface area contributed by atoms with Crippen molar-refractivity contribution in [3.63, 3.8) is 0 Å². The molecule has 1 atom stereocenters. The molecule has 1 aromatic carbocycles. The Bertz CT molecular complexity index is 898. The standard InChI is InChI=1S/C30H46O3/c1-8-26(20-31)16-10-14-21(2)12-9-13-22(3)15-11-18-30(7)19-17-27-25(6)28(32)23(4)24(5)29(27)33-30/h12,15-16,31-32H,8-11,13-14,17-20H2,1-7H3/b21-12+,22-15+,26-16-. The number of phenols is 1. The first-order valence-electron chi connectivity index (χ1n) is 12.7. The molecular weight excluding hydrogens is 408 g/mol. The van der Waals surface area contributed by atoms with Crippen molar-refractivity contribution in [3.8, 4) is 11.5 Å². The average Bonchev–Trinajstić information content (AvgIpc) is 2.79. The van der Waals surface area contributed by atoms with Crippen molar-refractivity contribution in [2.75, 3.05) is 6.61 Å². The van der Waals surface area contributed by atoms with Crippen LogP contribution in [0.3, 0.4) is 0 Å². The topological polar surface area (TPSA) is 49.7 Å². The molecule has 1 heterocycles. The smallest absolute Gasteiger partial charge is 0.127 e. The molecule has 33 heavy (non-hydrogen) atoms. The lowest BCUT2D eigenvalue weighted by Crippen LogP contribution is -2.37. The number of benzene rings is 1. The number of hydrogen-bond donors (Lipinski definition) is 2. The molecule has 0 spiro atoms. The van der Waals surface area contributed by atoms with Gasteiger partial charge in [-0.3, -0.25) is 0 Å². The highest BCUT2D eigenvalue weighted by molar-refractivity contribution is 5.58. The van der Waals surface area contributed by atoms with Gasteiger partial charge in [0.25, 0.3) is 0 Å². The Morgan fingerprint density at radius 1 is 0.939 bits per heavy atom. The molecule has 1 aliphatic heterocycles. The van der Waals surface area contributed by atoms with Gasteiger partial charge in [0, 0.05) is 5.56 Å². The van der Waals surface area contributed by atoms with Gasteiger partial charge in [0.15, 0.2) is 0 Å². The van der Waals surface area contributed by atoms with Gasteiger partial charge in [-0.15, -0.1) is 0 Å². The number of fused-ring (bicyclic) bond motifs is 1. The summed E-state index contributed by atoms with van der Waals surface area (Å²) in [4.78, 5) is 0. The van der Waals surface area contributed by atoms with Crippen LogP contribution in [0.5, 0.6) is 11.5 Å². The van der Waals surface area contributed by atoms with E-state index in [1.807, 2.05) is 13.8 Å². The predicted octanol–water partition coefficient (Wildman–Crippen LogP) is 7.96. The number of ether oxygens (including phenoxy) is 1. The Kier molecular flexibility index (Phi) is 10.3. The maximum atomic E-state index is 10.4. The van der Waals surface area contributed by atoms with Crippen LogP contribution < -0.4 is 4.74 Å². The van der Waals surface area contributed by atoms with Crippen LogP contribution in [0.1, 0.15) is 101 Å². The molecule has 1 aliphatic rings. The zero-order valence-electron chi connectivity index (χ0n) is 22.1. The quantitative estimate of drug-likeness (QED) is 0.333. The van der Waals surface area contributed by atoms with Crippen LogP contribution in [0.2, 0.25) is 0 Å². The molecule has 0 saturated heterocycles. The van der Waals surface area contributed by atoms with Crippen LogP contribution in [-0.2, 0) is 6.42 Å². The van der Waals surface area contributed by atoms with Crippen LogP contribution in [0, 0.1) is 20.8 Å². The third-order valence-electron chi connectivity index (χ3n) is 7.42. The highest BCUT2D eigenvalue weighted by atomic mass is 16.5. The first kappa shape index (κ1) is 27.2. The maximum absolute atomic E-state index is 10.4. The summed E-state index contributed by atoms with van der Waals surface area (Å²) in [5.74, 6) is 1.42. The summed E-state index contributed by atoms with van der Waals surface area (Å²) in [6.45, 7) is 15.0. The number of hydrogen-bond acceptors (Lipinski definition) is 3. The molecule has 1 aromatic rings. The normalized spacial score (nSPS) is 19.5. The van der Waals surface area contributed by atoms with Gasteiger partial charge in [-0.2, -0.15) is 0 Å². The Balaban J connectivity index is 1.84. The monoisotopic (exact) mass is 454 g/mol. The molecule has 184 valence electrons. The summed E-state index contributed by atoms with van der Waals surface area (Å²) in [7, 11) is 0. The lowest BCUT2D eigenvalue weighted by molar-refractivity contribution is 0.0558. The lowest BCUT2D eigenvalue weighted by atomic mass is 9.85. The molecule has 0 bridgehead atoms.